The molecule has 0 radical (unpaired) electrons. The first kappa shape index (κ1) is 10.7. The van der Waals surface area contributed by atoms with Crippen molar-refractivity contribution in [3.05, 3.63) is 38.7 Å². The summed E-state index contributed by atoms with van der Waals surface area (Å²) < 4.78 is 5.59. The summed E-state index contributed by atoms with van der Waals surface area (Å²) in [6.45, 7) is 1.68. The molecule has 2 rings (SSSR count). The summed E-state index contributed by atoms with van der Waals surface area (Å²) in [6, 6.07) is 4.53. The van der Waals surface area contributed by atoms with Gasteiger partial charge < -0.3 is 4.42 Å². The van der Waals surface area contributed by atoms with Crippen LogP contribution in [0.3, 0.4) is 0 Å². The van der Waals surface area contributed by atoms with Crippen molar-refractivity contribution in [1.29, 1.82) is 0 Å². The lowest BCUT2D eigenvalue weighted by Crippen LogP contribution is -1.89. The average Bonchev–Trinajstić information content (AvgIpc) is 2.64. The smallest absolute Gasteiger partial charge is 0.283 e. The molecule has 1 aromatic heterocycles. The van der Waals surface area contributed by atoms with Crippen LogP contribution in [0.5, 0.6) is 0 Å². The molecule has 0 N–H and O–H groups in total. The van der Waals surface area contributed by atoms with Crippen molar-refractivity contribution in [2.45, 2.75) is 6.92 Å². The average molecular weight is 284 g/mol. The van der Waals surface area contributed by atoms with Gasteiger partial charge in [-0.25, -0.2) is 0 Å². The molecule has 0 atom stereocenters. The predicted octanol–water partition coefficient (Wildman–Crippen LogP) is 2.72. The summed E-state index contributed by atoms with van der Waals surface area (Å²) in [7, 11) is 0. The molecule has 0 amide bonds. The zero-order valence-corrected chi connectivity index (χ0v) is 9.76. The van der Waals surface area contributed by atoms with Crippen LogP contribution < -0.4 is 0 Å². The number of rotatable bonds is 2. The van der Waals surface area contributed by atoms with E-state index in [9.17, 15) is 10.1 Å². The number of aryl methyl sites for hydroxylation is 1. The third kappa shape index (κ3) is 1.94. The van der Waals surface area contributed by atoms with Gasteiger partial charge in [0.25, 0.3) is 5.69 Å². The molecular weight excluding hydrogens is 278 g/mol. The predicted molar refractivity (Wildman–Crippen MR) is 58.8 cm³/mol. The van der Waals surface area contributed by atoms with Crippen molar-refractivity contribution in [2.75, 3.05) is 0 Å². The molecule has 16 heavy (non-hydrogen) atoms. The molecule has 6 nitrogen and oxygen atoms in total. The molecule has 7 heteroatoms. The van der Waals surface area contributed by atoms with E-state index < -0.39 is 4.92 Å². The van der Waals surface area contributed by atoms with Crippen LogP contribution in [-0.4, -0.2) is 15.1 Å². The standard InChI is InChI=1S/C9H6BrN3O3/c1-5-11-12-9(16-5)6-2-3-8(13(14)15)7(10)4-6/h2-4H,1H3. The Morgan fingerprint density at radius 3 is 2.69 bits per heavy atom. The summed E-state index contributed by atoms with van der Waals surface area (Å²) >= 11 is 3.12. The number of hydrogen-bond acceptors (Lipinski definition) is 5. The summed E-state index contributed by atoms with van der Waals surface area (Å²) in [4.78, 5) is 10.1. The van der Waals surface area contributed by atoms with E-state index in [0.29, 0.717) is 21.8 Å². The Balaban J connectivity index is 2.45. The number of nitro benzene ring substituents is 1. The van der Waals surface area contributed by atoms with Crippen LogP contribution in [0.25, 0.3) is 11.5 Å². The highest BCUT2D eigenvalue weighted by Gasteiger charge is 2.14. The molecule has 0 aliphatic carbocycles. The minimum absolute atomic E-state index is 0.0000118. The maximum atomic E-state index is 10.6. The second-order valence-corrected chi connectivity index (χ2v) is 3.90. The quantitative estimate of drug-likeness (QED) is 0.625. The van der Waals surface area contributed by atoms with Gasteiger partial charge in [-0.1, -0.05) is 0 Å². The third-order valence-corrected chi connectivity index (χ3v) is 2.55. The SMILES string of the molecule is Cc1nnc(-c2ccc([N+](=O)[O-])c(Br)c2)o1. The zero-order valence-electron chi connectivity index (χ0n) is 8.18. The fourth-order valence-electron chi connectivity index (χ4n) is 1.20. The van der Waals surface area contributed by atoms with Crippen LogP contribution in [0, 0.1) is 17.0 Å². The molecule has 0 bridgehead atoms. The van der Waals surface area contributed by atoms with Crippen molar-refractivity contribution >= 4 is 21.6 Å². The van der Waals surface area contributed by atoms with Crippen molar-refractivity contribution in [3.8, 4) is 11.5 Å². The lowest BCUT2D eigenvalue weighted by atomic mass is 10.2. The van der Waals surface area contributed by atoms with Crippen LogP contribution >= 0.6 is 15.9 Å². The lowest BCUT2D eigenvalue weighted by Gasteiger charge is -1.97. The van der Waals surface area contributed by atoms with Crippen molar-refractivity contribution in [2.24, 2.45) is 0 Å². The van der Waals surface area contributed by atoms with E-state index in [0.717, 1.165) is 0 Å². The zero-order chi connectivity index (χ0) is 11.7. The van der Waals surface area contributed by atoms with Gasteiger partial charge in [-0.15, -0.1) is 10.2 Å². The molecule has 82 valence electrons. The Morgan fingerprint density at radius 1 is 1.44 bits per heavy atom. The number of hydrogen-bond donors (Lipinski definition) is 0. The molecule has 2 aromatic rings. The van der Waals surface area contributed by atoms with E-state index in [2.05, 4.69) is 26.1 Å². The molecule has 0 aliphatic heterocycles. The number of nitro groups is 1. The van der Waals surface area contributed by atoms with Crippen LogP contribution in [0.4, 0.5) is 5.69 Å². The Bertz CT molecular complexity index is 553. The van der Waals surface area contributed by atoms with E-state index >= 15 is 0 Å². The molecular formula is C9H6BrN3O3. The summed E-state index contributed by atoms with van der Waals surface area (Å²) in [5.41, 5.74) is 0.637. The number of nitrogens with zero attached hydrogens (tertiary/aromatic N) is 3. The van der Waals surface area contributed by atoms with Gasteiger partial charge in [0, 0.05) is 18.6 Å². The van der Waals surface area contributed by atoms with Gasteiger partial charge in [0.2, 0.25) is 11.8 Å². The Kier molecular flexibility index (Phi) is 2.69. The van der Waals surface area contributed by atoms with Crippen LogP contribution in [0.1, 0.15) is 5.89 Å². The number of halogens is 1. The first-order valence-electron chi connectivity index (χ1n) is 4.32. The Hall–Kier alpha value is -1.76. The van der Waals surface area contributed by atoms with Gasteiger partial charge in [-0.3, -0.25) is 10.1 Å². The highest BCUT2D eigenvalue weighted by Crippen LogP contribution is 2.29. The molecule has 0 fully saturated rings. The summed E-state index contributed by atoms with van der Waals surface area (Å²) in [5, 5.41) is 18.1. The molecule has 0 unspecified atom stereocenters. The molecule has 1 heterocycles. The van der Waals surface area contributed by atoms with Crippen LogP contribution in [0.2, 0.25) is 0 Å². The van der Waals surface area contributed by atoms with Gasteiger partial charge in [0.05, 0.1) is 9.40 Å². The normalized spacial score (nSPS) is 10.4. The first-order chi connectivity index (χ1) is 7.58. The molecule has 0 saturated carbocycles. The topological polar surface area (TPSA) is 82.1 Å². The van der Waals surface area contributed by atoms with Gasteiger partial charge >= 0.3 is 0 Å². The van der Waals surface area contributed by atoms with Gasteiger partial charge in [0.1, 0.15) is 0 Å². The second kappa shape index (κ2) is 4.01. The van der Waals surface area contributed by atoms with Crippen molar-refractivity contribution < 1.29 is 9.34 Å². The molecule has 0 saturated heterocycles. The monoisotopic (exact) mass is 283 g/mol. The van der Waals surface area contributed by atoms with E-state index in [1.165, 1.54) is 6.07 Å². The first-order valence-corrected chi connectivity index (χ1v) is 5.11. The molecule has 1 aromatic carbocycles. The van der Waals surface area contributed by atoms with Crippen LogP contribution in [0.15, 0.2) is 27.1 Å². The van der Waals surface area contributed by atoms with Gasteiger partial charge in [-0.2, -0.15) is 0 Å². The molecule has 0 spiro atoms. The minimum Gasteiger partial charge on any atom is -0.421 e. The van der Waals surface area contributed by atoms with Crippen LogP contribution in [-0.2, 0) is 0 Å². The van der Waals surface area contributed by atoms with Crippen molar-refractivity contribution in [3.63, 3.8) is 0 Å². The van der Waals surface area contributed by atoms with E-state index in [-0.39, 0.29) is 5.69 Å². The van der Waals surface area contributed by atoms with Gasteiger partial charge in [-0.05, 0) is 28.1 Å². The Morgan fingerprint density at radius 2 is 2.19 bits per heavy atom. The maximum Gasteiger partial charge on any atom is 0.283 e. The highest BCUT2D eigenvalue weighted by molar-refractivity contribution is 9.10. The Labute approximate surface area is 98.6 Å². The highest BCUT2D eigenvalue weighted by atomic mass is 79.9. The largest absolute Gasteiger partial charge is 0.421 e. The summed E-state index contributed by atoms with van der Waals surface area (Å²) in [6.07, 6.45) is 0. The molecule has 0 aliphatic rings. The maximum absolute atomic E-state index is 10.6. The number of aromatic nitrogens is 2. The fourth-order valence-corrected chi connectivity index (χ4v) is 1.72. The van der Waals surface area contributed by atoms with Gasteiger partial charge in [0.15, 0.2) is 0 Å². The van der Waals surface area contributed by atoms with Crippen molar-refractivity contribution in [1.82, 2.24) is 10.2 Å². The van der Waals surface area contributed by atoms with E-state index in [1.807, 2.05) is 0 Å². The minimum atomic E-state index is -0.465. The van der Waals surface area contributed by atoms with E-state index in [4.69, 9.17) is 4.42 Å². The third-order valence-electron chi connectivity index (χ3n) is 1.92. The second-order valence-electron chi connectivity index (χ2n) is 3.05. The fraction of sp³-hybridized carbons (Fsp3) is 0.111. The number of benzene rings is 1. The van der Waals surface area contributed by atoms with E-state index in [1.54, 1.807) is 19.1 Å². The lowest BCUT2D eigenvalue weighted by molar-refractivity contribution is -0.385. The summed E-state index contributed by atoms with van der Waals surface area (Å²) in [5.74, 6) is 0.789.